The Balaban J connectivity index is 2.82. The molecule has 1 atom stereocenters. The smallest absolute Gasteiger partial charge is 0.0847 e. The predicted octanol–water partition coefficient (Wildman–Crippen LogP) is 3.00. The molecule has 1 rings (SSSR count). The number of anilines is 1. The van der Waals surface area contributed by atoms with Gasteiger partial charge in [0.15, 0.2) is 0 Å². The van der Waals surface area contributed by atoms with Gasteiger partial charge in [-0.3, -0.25) is 0 Å². The molecule has 2 heteroatoms. The number of rotatable bonds is 4. The predicted molar refractivity (Wildman–Crippen MR) is 60.1 cm³/mol. The SMILES string of the molecule is CCOC(c1ccc(N)cc1)C(C)C. The van der Waals surface area contributed by atoms with Crippen molar-refractivity contribution in [3.8, 4) is 0 Å². The van der Waals surface area contributed by atoms with Crippen LogP contribution in [0.1, 0.15) is 32.4 Å². The van der Waals surface area contributed by atoms with Crippen LogP contribution >= 0.6 is 0 Å². The Morgan fingerprint density at radius 2 is 1.79 bits per heavy atom. The first-order valence-electron chi connectivity index (χ1n) is 5.12. The zero-order chi connectivity index (χ0) is 10.6. The molecule has 0 spiro atoms. The molecule has 0 aliphatic rings. The topological polar surface area (TPSA) is 35.2 Å². The summed E-state index contributed by atoms with van der Waals surface area (Å²) in [7, 11) is 0. The van der Waals surface area contributed by atoms with Gasteiger partial charge in [0.25, 0.3) is 0 Å². The first kappa shape index (κ1) is 11.1. The summed E-state index contributed by atoms with van der Waals surface area (Å²) in [6.07, 6.45) is 0.181. The second-order valence-corrected chi connectivity index (χ2v) is 3.79. The minimum atomic E-state index is 0.181. The molecule has 0 saturated carbocycles. The fourth-order valence-electron chi connectivity index (χ4n) is 1.54. The van der Waals surface area contributed by atoms with Crippen LogP contribution in [-0.2, 0) is 4.74 Å². The van der Waals surface area contributed by atoms with Gasteiger partial charge in [-0.1, -0.05) is 26.0 Å². The lowest BCUT2D eigenvalue weighted by atomic mass is 9.99. The highest BCUT2D eigenvalue weighted by atomic mass is 16.5. The van der Waals surface area contributed by atoms with E-state index >= 15 is 0 Å². The Bertz CT molecular complexity index is 266. The zero-order valence-electron chi connectivity index (χ0n) is 9.16. The summed E-state index contributed by atoms with van der Waals surface area (Å²) >= 11 is 0. The maximum absolute atomic E-state index is 5.69. The minimum Gasteiger partial charge on any atom is -0.399 e. The maximum atomic E-state index is 5.69. The van der Waals surface area contributed by atoms with Gasteiger partial charge in [-0.25, -0.2) is 0 Å². The lowest BCUT2D eigenvalue weighted by Crippen LogP contribution is -2.11. The molecule has 0 aromatic heterocycles. The van der Waals surface area contributed by atoms with E-state index in [1.807, 2.05) is 31.2 Å². The van der Waals surface area contributed by atoms with Gasteiger partial charge in [-0.05, 0) is 30.5 Å². The first-order valence-corrected chi connectivity index (χ1v) is 5.12. The Labute approximate surface area is 86.1 Å². The average molecular weight is 193 g/mol. The van der Waals surface area contributed by atoms with Crippen LogP contribution in [-0.4, -0.2) is 6.61 Å². The van der Waals surface area contributed by atoms with E-state index in [9.17, 15) is 0 Å². The number of ether oxygens (including phenoxy) is 1. The third-order valence-corrected chi connectivity index (χ3v) is 2.22. The largest absolute Gasteiger partial charge is 0.399 e. The third kappa shape index (κ3) is 2.74. The lowest BCUT2D eigenvalue weighted by molar-refractivity contribution is 0.0294. The van der Waals surface area contributed by atoms with Crippen molar-refractivity contribution in [1.29, 1.82) is 0 Å². The zero-order valence-corrected chi connectivity index (χ0v) is 9.16. The Morgan fingerprint density at radius 1 is 1.21 bits per heavy atom. The van der Waals surface area contributed by atoms with Crippen molar-refractivity contribution in [2.45, 2.75) is 26.9 Å². The molecule has 0 amide bonds. The van der Waals surface area contributed by atoms with E-state index < -0.39 is 0 Å². The second-order valence-electron chi connectivity index (χ2n) is 3.79. The summed E-state index contributed by atoms with van der Waals surface area (Å²) in [5, 5.41) is 0. The van der Waals surface area contributed by atoms with Crippen molar-refractivity contribution in [2.75, 3.05) is 12.3 Å². The summed E-state index contributed by atoms with van der Waals surface area (Å²) in [4.78, 5) is 0. The first-order chi connectivity index (χ1) is 6.65. The van der Waals surface area contributed by atoms with E-state index in [-0.39, 0.29) is 6.10 Å². The summed E-state index contributed by atoms with van der Waals surface area (Å²) in [5.41, 5.74) is 7.64. The molecule has 0 fully saturated rings. The van der Waals surface area contributed by atoms with Crippen molar-refractivity contribution >= 4 is 5.69 Å². The van der Waals surface area contributed by atoms with Crippen molar-refractivity contribution in [2.24, 2.45) is 5.92 Å². The summed E-state index contributed by atoms with van der Waals surface area (Å²) < 4.78 is 5.69. The fourth-order valence-corrected chi connectivity index (χ4v) is 1.54. The van der Waals surface area contributed by atoms with Crippen LogP contribution in [0.25, 0.3) is 0 Å². The molecule has 0 radical (unpaired) electrons. The van der Waals surface area contributed by atoms with Gasteiger partial charge >= 0.3 is 0 Å². The number of benzene rings is 1. The van der Waals surface area contributed by atoms with E-state index in [1.165, 1.54) is 5.56 Å². The highest BCUT2D eigenvalue weighted by Gasteiger charge is 2.15. The molecule has 14 heavy (non-hydrogen) atoms. The van der Waals surface area contributed by atoms with Crippen LogP contribution in [0.5, 0.6) is 0 Å². The van der Waals surface area contributed by atoms with E-state index in [2.05, 4.69) is 13.8 Å². The van der Waals surface area contributed by atoms with E-state index in [0.29, 0.717) is 5.92 Å². The van der Waals surface area contributed by atoms with Gasteiger partial charge in [0.1, 0.15) is 0 Å². The third-order valence-electron chi connectivity index (χ3n) is 2.22. The Morgan fingerprint density at radius 3 is 2.21 bits per heavy atom. The van der Waals surface area contributed by atoms with Crippen molar-refractivity contribution in [3.63, 3.8) is 0 Å². The molecule has 0 aliphatic carbocycles. The van der Waals surface area contributed by atoms with Gasteiger partial charge in [-0.15, -0.1) is 0 Å². The van der Waals surface area contributed by atoms with Crippen molar-refractivity contribution in [1.82, 2.24) is 0 Å². The highest BCUT2D eigenvalue weighted by molar-refractivity contribution is 5.39. The number of hydrogen-bond acceptors (Lipinski definition) is 2. The molecule has 78 valence electrons. The van der Waals surface area contributed by atoms with Gasteiger partial charge in [0.05, 0.1) is 6.10 Å². The van der Waals surface area contributed by atoms with Crippen LogP contribution in [0.3, 0.4) is 0 Å². The standard InChI is InChI=1S/C12H19NO/c1-4-14-12(9(2)3)10-5-7-11(13)8-6-10/h5-9,12H,4,13H2,1-3H3. The Hall–Kier alpha value is -1.02. The van der Waals surface area contributed by atoms with Crippen LogP contribution in [0.2, 0.25) is 0 Å². The monoisotopic (exact) mass is 193 g/mol. The maximum Gasteiger partial charge on any atom is 0.0847 e. The number of nitrogens with two attached hydrogens (primary N) is 1. The van der Waals surface area contributed by atoms with Crippen molar-refractivity contribution in [3.05, 3.63) is 29.8 Å². The van der Waals surface area contributed by atoms with Gasteiger partial charge < -0.3 is 10.5 Å². The van der Waals surface area contributed by atoms with E-state index in [4.69, 9.17) is 10.5 Å². The normalized spacial score (nSPS) is 13.1. The van der Waals surface area contributed by atoms with Gasteiger partial charge in [0, 0.05) is 12.3 Å². The molecule has 0 aliphatic heterocycles. The molecule has 1 aromatic carbocycles. The van der Waals surface area contributed by atoms with Gasteiger partial charge in [-0.2, -0.15) is 0 Å². The van der Waals surface area contributed by atoms with Crippen LogP contribution < -0.4 is 5.73 Å². The lowest BCUT2D eigenvalue weighted by Gasteiger charge is -2.21. The quantitative estimate of drug-likeness (QED) is 0.746. The molecule has 2 nitrogen and oxygen atoms in total. The fraction of sp³-hybridized carbons (Fsp3) is 0.500. The Kier molecular flexibility index (Phi) is 3.96. The van der Waals surface area contributed by atoms with E-state index in [1.54, 1.807) is 0 Å². The van der Waals surface area contributed by atoms with Crippen LogP contribution in [0, 0.1) is 5.92 Å². The van der Waals surface area contributed by atoms with Crippen LogP contribution in [0.4, 0.5) is 5.69 Å². The summed E-state index contributed by atoms with van der Waals surface area (Å²) in [5.74, 6) is 0.485. The second kappa shape index (κ2) is 5.01. The van der Waals surface area contributed by atoms with Gasteiger partial charge in [0.2, 0.25) is 0 Å². The van der Waals surface area contributed by atoms with Crippen molar-refractivity contribution < 1.29 is 4.74 Å². The summed E-state index contributed by atoms with van der Waals surface area (Å²) in [6.45, 7) is 7.09. The minimum absolute atomic E-state index is 0.181. The molecule has 0 heterocycles. The van der Waals surface area contributed by atoms with Crippen LogP contribution in [0.15, 0.2) is 24.3 Å². The summed E-state index contributed by atoms with van der Waals surface area (Å²) in [6, 6.07) is 7.92. The highest BCUT2D eigenvalue weighted by Crippen LogP contribution is 2.26. The molecule has 0 bridgehead atoms. The molecule has 2 N–H and O–H groups in total. The average Bonchev–Trinajstić information content (AvgIpc) is 2.15. The molecule has 1 unspecified atom stereocenters. The number of nitrogen functional groups attached to an aromatic ring is 1. The van der Waals surface area contributed by atoms with E-state index in [0.717, 1.165) is 12.3 Å². The molecular weight excluding hydrogens is 174 g/mol. The molecule has 1 aromatic rings. The molecule has 0 saturated heterocycles. The number of hydrogen-bond donors (Lipinski definition) is 1. The molecular formula is C12H19NO.